The third kappa shape index (κ3) is 5.96. The van der Waals surface area contributed by atoms with Crippen molar-refractivity contribution in [2.45, 2.75) is 13.5 Å². The van der Waals surface area contributed by atoms with Crippen molar-refractivity contribution in [1.82, 2.24) is 4.90 Å². The number of carbonyl (C=O) groups is 1. The summed E-state index contributed by atoms with van der Waals surface area (Å²) in [6.07, 6.45) is 0. The minimum atomic E-state index is -0.350. The number of aryl methyl sites for hydroxylation is 1. The Bertz CT molecular complexity index is 785. The first kappa shape index (κ1) is 19.6. The number of nitriles is 1. The fraction of sp³-hybridized carbons (Fsp3) is 0.300. The first-order valence-corrected chi connectivity index (χ1v) is 8.28. The molecule has 0 aromatic heterocycles. The topological polar surface area (TPSA) is 65.4 Å². The molecule has 0 atom stereocenters. The van der Waals surface area contributed by atoms with Gasteiger partial charge in [-0.25, -0.2) is 4.39 Å². The van der Waals surface area contributed by atoms with Gasteiger partial charge in [0.05, 0.1) is 24.8 Å². The largest absolute Gasteiger partial charge is 0.383 e. The second kappa shape index (κ2) is 9.66. The van der Waals surface area contributed by atoms with Crippen LogP contribution in [0.3, 0.4) is 0 Å². The molecule has 0 fully saturated rings. The highest BCUT2D eigenvalue weighted by molar-refractivity contribution is 5.92. The van der Waals surface area contributed by atoms with Gasteiger partial charge in [-0.1, -0.05) is 18.2 Å². The Balaban J connectivity index is 1.99. The van der Waals surface area contributed by atoms with Crippen LogP contribution in [0, 0.1) is 24.1 Å². The van der Waals surface area contributed by atoms with E-state index >= 15 is 0 Å². The van der Waals surface area contributed by atoms with Crippen LogP contribution in [0.2, 0.25) is 0 Å². The quantitative estimate of drug-likeness (QED) is 0.790. The SMILES string of the molecule is COCCN(CC(=O)Nc1ccc(C)c(F)c1)Cc1ccc(C#N)cc1. The summed E-state index contributed by atoms with van der Waals surface area (Å²) >= 11 is 0. The van der Waals surface area contributed by atoms with Gasteiger partial charge in [0.1, 0.15) is 5.82 Å². The van der Waals surface area contributed by atoms with Crippen molar-refractivity contribution >= 4 is 11.6 Å². The third-order valence-corrected chi connectivity index (χ3v) is 3.92. The zero-order valence-corrected chi connectivity index (χ0v) is 15.0. The van der Waals surface area contributed by atoms with Gasteiger partial charge in [-0.2, -0.15) is 5.26 Å². The Morgan fingerprint density at radius 3 is 2.62 bits per heavy atom. The van der Waals surface area contributed by atoms with Crippen molar-refractivity contribution in [3.8, 4) is 6.07 Å². The molecule has 0 aliphatic heterocycles. The predicted molar refractivity (Wildman–Crippen MR) is 98.1 cm³/mol. The number of ether oxygens (including phenoxy) is 1. The number of hydrogen-bond donors (Lipinski definition) is 1. The fourth-order valence-corrected chi connectivity index (χ4v) is 2.45. The summed E-state index contributed by atoms with van der Waals surface area (Å²) in [5.41, 5.74) is 2.55. The molecule has 0 aliphatic rings. The number of amides is 1. The number of hydrogen-bond acceptors (Lipinski definition) is 4. The number of nitrogens with zero attached hydrogens (tertiary/aromatic N) is 2. The van der Waals surface area contributed by atoms with Crippen LogP contribution >= 0.6 is 0 Å². The normalized spacial score (nSPS) is 10.6. The molecule has 0 saturated heterocycles. The second-order valence-electron chi connectivity index (χ2n) is 6.02. The highest BCUT2D eigenvalue weighted by atomic mass is 19.1. The van der Waals surface area contributed by atoms with Gasteiger partial charge < -0.3 is 10.1 Å². The number of benzene rings is 2. The molecule has 0 unspecified atom stereocenters. The van der Waals surface area contributed by atoms with E-state index in [1.165, 1.54) is 6.07 Å². The van der Waals surface area contributed by atoms with Gasteiger partial charge in [-0.05, 0) is 42.3 Å². The zero-order chi connectivity index (χ0) is 18.9. The van der Waals surface area contributed by atoms with Crippen LogP contribution in [0.15, 0.2) is 42.5 Å². The molecule has 2 rings (SSSR count). The van der Waals surface area contributed by atoms with E-state index < -0.39 is 0 Å². The maximum Gasteiger partial charge on any atom is 0.238 e. The van der Waals surface area contributed by atoms with Gasteiger partial charge in [-0.3, -0.25) is 9.69 Å². The molecular weight excluding hydrogens is 333 g/mol. The number of nitrogens with one attached hydrogen (secondary N) is 1. The summed E-state index contributed by atoms with van der Waals surface area (Å²) in [5.74, 6) is -0.574. The van der Waals surface area contributed by atoms with E-state index in [1.807, 2.05) is 17.0 Å². The van der Waals surface area contributed by atoms with Gasteiger partial charge >= 0.3 is 0 Å². The molecule has 1 N–H and O–H groups in total. The molecule has 0 heterocycles. The van der Waals surface area contributed by atoms with Crippen LogP contribution in [0.5, 0.6) is 0 Å². The Kier molecular flexibility index (Phi) is 7.27. The van der Waals surface area contributed by atoms with Crippen LogP contribution in [-0.2, 0) is 16.1 Å². The molecule has 2 aromatic rings. The third-order valence-electron chi connectivity index (χ3n) is 3.92. The van der Waals surface area contributed by atoms with Gasteiger partial charge in [-0.15, -0.1) is 0 Å². The molecule has 0 spiro atoms. The average molecular weight is 355 g/mol. The van der Waals surface area contributed by atoms with Crippen molar-refractivity contribution in [2.24, 2.45) is 0 Å². The van der Waals surface area contributed by atoms with Crippen molar-refractivity contribution in [2.75, 3.05) is 32.1 Å². The van der Waals surface area contributed by atoms with E-state index in [1.54, 1.807) is 38.3 Å². The minimum Gasteiger partial charge on any atom is -0.383 e. The molecule has 0 saturated carbocycles. The molecular formula is C20H22FN3O2. The first-order valence-electron chi connectivity index (χ1n) is 8.28. The van der Waals surface area contributed by atoms with Gasteiger partial charge in [0.25, 0.3) is 0 Å². The summed E-state index contributed by atoms with van der Waals surface area (Å²) in [5, 5.41) is 11.6. The number of halogens is 1. The number of anilines is 1. The lowest BCUT2D eigenvalue weighted by molar-refractivity contribution is -0.117. The fourth-order valence-electron chi connectivity index (χ4n) is 2.45. The minimum absolute atomic E-state index is 0.152. The molecule has 0 aliphatic carbocycles. The monoisotopic (exact) mass is 355 g/mol. The van der Waals surface area contributed by atoms with E-state index in [0.717, 1.165) is 5.56 Å². The van der Waals surface area contributed by atoms with Crippen molar-refractivity contribution < 1.29 is 13.9 Å². The maximum atomic E-state index is 13.6. The van der Waals surface area contributed by atoms with Crippen LogP contribution in [0.25, 0.3) is 0 Å². The number of methoxy groups -OCH3 is 1. The van der Waals surface area contributed by atoms with E-state index in [2.05, 4.69) is 11.4 Å². The molecule has 2 aromatic carbocycles. The van der Waals surface area contributed by atoms with E-state index in [9.17, 15) is 9.18 Å². The smallest absolute Gasteiger partial charge is 0.238 e. The van der Waals surface area contributed by atoms with E-state index in [0.29, 0.717) is 36.5 Å². The zero-order valence-electron chi connectivity index (χ0n) is 15.0. The molecule has 1 amide bonds. The molecule has 0 bridgehead atoms. The van der Waals surface area contributed by atoms with Crippen molar-refractivity contribution in [3.63, 3.8) is 0 Å². The summed E-state index contributed by atoms with van der Waals surface area (Å²) < 4.78 is 18.7. The lowest BCUT2D eigenvalue weighted by Crippen LogP contribution is -2.35. The number of carbonyl (C=O) groups excluding carboxylic acids is 1. The van der Waals surface area contributed by atoms with Gasteiger partial charge in [0, 0.05) is 25.9 Å². The highest BCUT2D eigenvalue weighted by Gasteiger charge is 2.12. The van der Waals surface area contributed by atoms with Crippen molar-refractivity contribution in [3.05, 3.63) is 65.0 Å². The molecule has 26 heavy (non-hydrogen) atoms. The Morgan fingerprint density at radius 2 is 2.00 bits per heavy atom. The second-order valence-corrected chi connectivity index (χ2v) is 6.02. The van der Waals surface area contributed by atoms with Crippen molar-refractivity contribution in [1.29, 1.82) is 5.26 Å². The van der Waals surface area contributed by atoms with Crippen LogP contribution in [-0.4, -0.2) is 37.6 Å². The summed E-state index contributed by atoms with van der Waals surface area (Å²) in [6, 6.07) is 13.9. The Morgan fingerprint density at radius 1 is 1.27 bits per heavy atom. The molecule has 6 heteroatoms. The number of rotatable bonds is 8. The Hall–Kier alpha value is -2.75. The molecule has 136 valence electrons. The highest BCUT2D eigenvalue weighted by Crippen LogP contribution is 2.14. The summed E-state index contributed by atoms with van der Waals surface area (Å²) in [4.78, 5) is 14.2. The van der Waals surface area contributed by atoms with E-state index in [4.69, 9.17) is 10.00 Å². The standard InChI is InChI=1S/C20H22FN3O2/c1-15-3-8-18(11-19(15)21)23-20(25)14-24(9-10-26-2)13-17-6-4-16(12-22)5-7-17/h3-8,11H,9-10,13-14H2,1-2H3,(H,23,25). The van der Waals surface area contributed by atoms with Crippen LogP contribution in [0.4, 0.5) is 10.1 Å². The Labute approximate surface area is 153 Å². The molecule has 0 radical (unpaired) electrons. The van der Waals surface area contributed by atoms with E-state index in [-0.39, 0.29) is 18.3 Å². The summed E-state index contributed by atoms with van der Waals surface area (Å²) in [6.45, 7) is 3.43. The summed E-state index contributed by atoms with van der Waals surface area (Å²) in [7, 11) is 1.61. The van der Waals surface area contributed by atoms with Gasteiger partial charge in [0.15, 0.2) is 0 Å². The van der Waals surface area contributed by atoms with Gasteiger partial charge in [0.2, 0.25) is 5.91 Å². The van der Waals surface area contributed by atoms with Crippen LogP contribution in [0.1, 0.15) is 16.7 Å². The molecule has 5 nitrogen and oxygen atoms in total. The maximum absolute atomic E-state index is 13.6. The lowest BCUT2D eigenvalue weighted by Gasteiger charge is -2.21. The lowest BCUT2D eigenvalue weighted by atomic mass is 10.1. The predicted octanol–water partition coefficient (Wildman–Crippen LogP) is 3.09. The first-order chi connectivity index (χ1) is 12.5. The average Bonchev–Trinajstić information content (AvgIpc) is 2.63. The van der Waals surface area contributed by atoms with Crippen LogP contribution < -0.4 is 5.32 Å².